The highest BCUT2D eigenvalue weighted by atomic mass is 16.5. The minimum atomic E-state index is -1.64. The van der Waals surface area contributed by atoms with Crippen molar-refractivity contribution in [3.05, 3.63) is 24.3 Å². The number of ether oxygens (including phenoxy) is 3. The predicted octanol–water partition coefficient (Wildman–Crippen LogP) is 2.53. The van der Waals surface area contributed by atoms with Gasteiger partial charge in [-0.25, -0.2) is 0 Å². The van der Waals surface area contributed by atoms with Crippen molar-refractivity contribution in [3.8, 4) is 0 Å². The van der Waals surface area contributed by atoms with E-state index in [4.69, 9.17) is 14.2 Å². The lowest BCUT2D eigenvalue weighted by Gasteiger charge is -2.41. The van der Waals surface area contributed by atoms with Crippen molar-refractivity contribution < 1.29 is 72.1 Å². The van der Waals surface area contributed by atoms with E-state index in [1.54, 1.807) is 79.7 Å². The Kier molecular flexibility index (Phi) is 37.3. The van der Waals surface area contributed by atoms with Crippen molar-refractivity contribution in [3.63, 3.8) is 0 Å². The number of morpholine rings is 1. The fraction of sp³-hybridized carbons (Fsp3) is 0.786. The number of rotatable bonds is 22. The molecule has 0 aromatic carbocycles. The van der Waals surface area contributed by atoms with E-state index in [-0.39, 0.29) is 56.7 Å². The van der Waals surface area contributed by atoms with Crippen LogP contribution in [-0.2, 0) is 67.0 Å². The summed E-state index contributed by atoms with van der Waals surface area (Å²) in [5.74, 6) is -10.2. The molecule has 27 heteroatoms. The maximum Gasteiger partial charge on any atom is 0.246 e. The van der Waals surface area contributed by atoms with Crippen LogP contribution < -0.4 is 21.3 Å². The highest BCUT2D eigenvalue weighted by molar-refractivity contribution is 5.99. The van der Waals surface area contributed by atoms with Gasteiger partial charge in [-0.15, -0.1) is 0 Å². The summed E-state index contributed by atoms with van der Waals surface area (Å²) in [7, 11) is 9.80. The molecule has 0 unspecified atom stereocenters. The Morgan fingerprint density at radius 1 is 0.526 bits per heavy atom. The van der Waals surface area contributed by atoms with Crippen molar-refractivity contribution in [1.82, 2.24) is 60.5 Å². The topological polar surface area (TPSA) is 310 Å². The Morgan fingerprint density at radius 2 is 1.02 bits per heavy atom. The number of hydrogen-bond acceptors (Lipinski definition) is 16. The molecule has 2 fully saturated rings. The monoisotopic (exact) mass is 1370 g/mol. The number of nitrogens with zero attached hydrogens (tertiary/aromatic N) is 8. The SMILES string of the molecule is CC=CC[C@@H](C)[C@@H](O)[C@H]1C(=O)N[C@@H](CC)C(=O)N(C)CC(=O)N(C)[C@@H]([C@@H](C)OCC=CCOCCN2CCOCC2)C(=O)N[C@@H](C(C)C)C(=O)N(C)[C@@H](CC(C)C)C(=O)N[C@@H](C)C(=O)N[C@H](C)C(=O)N(C)[C@@H](CC(C)C)C(=O)N(C)[C@H](CC(C)C)C(=O)N(C)[C@@H](C(C)C)C(=O)N1C. The lowest BCUT2D eigenvalue weighted by Crippen LogP contribution is -2.63. The zero-order valence-corrected chi connectivity index (χ0v) is 62.8. The first kappa shape index (κ1) is 86.5. The van der Waals surface area contributed by atoms with Gasteiger partial charge in [-0.2, -0.15) is 0 Å². The van der Waals surface area contributed by atoms with Crippen LogP contribution in [0.15, 0.2) is 24.3 Å². The van der Waals surface area contributed by atoms with Gasteiger partial charge in [-0.3, -0.25) is 57.6 Å². The molecule has 0 aromatic heterocycles. The summed E-state index contributed by atoms with van der Waals surface area (Å²) >= 11 is 0. The Balaban J connectivity index is 2.94. The van der Waals surface area contributed by atoms with Crippen LogP contribution >= 0.6 is 0 Å². The quantitative estimate of drug-likeness (QED) is 0.0768. The molecule has 0 spiro atoms. The van der Waals surface area contributed by atoms with Crippen LogP contribution in [0.3, 0.4) is 0 Å². The molecule has 0 bridgehead atoms. The van der Waals surface area contributed by atoms with Gasteiger partial charge in [0.25, 0.3) is 0 Å². The third-order valence-electron chi connectivity index (χ3n) is 18.2. The molecule has 11 amide bonds. The molecule has 2 heterocycles. The van der Waals surface area contributed by atoms with E-state index in [9.17, 15) is 43.5 Å². The van der Waals surface area contributed by atoms with Gasteiger partial charge in [-0.05, 0) is 95.3 Å². The highest BCUT2D eigenvalue weighted by Crippen LogP contribution is 2.26. The molecule has 13 atom stereocenters. The lowest BCUT2D eigenvalue weighted by molar-refractivity contribution is -0.157. The summed E-state index contributed by atoms with van der Waals surface area (Å²) in [4.78, 5) is 173. The van der Waals surface area contributed by atoms with E-state index >= 15 is 14.4 Å². The average Bonchev–Trinajstić information content (AvgIpc) is 0.808. The van der Waals surface area contributed by atoms with Gasteiger partial charge in [-0.1, -0.05) is 107 Å². The zero-order chi connectivity index (χ0) is 74.0. The third kappa shape index (κ3) is 25.9. The van der Waals surface area contributed by atoms with Gasteiger partial charge in [0.1, 0.15) is 60.4 Å². The second kappa shape index (κ2) is 41.8. The number of nitrogens with one attached hydrogen (secondary N) is 4. The van der Waals surface area contributed by atoms with E-state index in [2.05, 4.69) is 26.2 Å². The van der Waals surface area contributed by atoms with Crippen LogP contribution in [0.4, 0.5) is 0 Å². The number of amides is 11. The molecule has 2 aliphatic heterocycles. The molecule has 0 radical (unpaired) electrons. The summed E-state index contributed by atoms with van der Waals surface area (Å²) in [6, 6.07) is -13.0. The second-order valence-electron chi connectivity index (χ2n) is 28.4. The number of allylic oxidation sites excluding steroid dienone is 2. The average molecular weight is 1370 g/mol. The molecule has 27 nitrogen and oxygen atoms in total. The molecule has 2 saturated heterocycles. The first-order chi connectivity index (χ1) is 45.3. The lowest BCUT2D eigenvalue weighted by atomic mass is 9.91. The maximum absolute atomic E-state index is 15.3. The highest BCUT2D eigenvalue weighted by Gasteiger charge is 2.46. The molecule has 5 N–H and O–H groups in total. The number of carbonyl (C=O) groups is 11. The molecular formula is C70H124N12O15. The van der Waals surface area contributed by atoms with Crippen molar-refractivity contribution >= 4 is 65.0 Å². The number of aliphatic hydroxyl groups excluding tert-OH is 1. The fourth-order valence-corrected chi connectivity index (χ4v) is 12.1. The van der Waals surface area contributed by atoms with Crippen LogP contribution in [0.5, 0.6) is 0 Å². The molecule has 2 aliphatic rings. The van der Waals surface area contributed by atoms with Gasteiger partial charge >= 0.3 is 0 Å². The van der Waals surface area contributed by atoms with Crippen LogP contribution in [-0.4, -0.2) is 290 Å². The number of likely N-dealkylation sites (N-methyl/N-ethyl adjacent to an activating group) is 7. The summed E-state index contributed by atoms with van der Waals surface area (Å²) in [6.07, 6.45) is 5.15. The predicted molar refractivity (Wildman–Crippen MR) is 372 cm³/mol. The second-order valence-corrected chi connectivity index (χ2v) is 28.4. The van der Waals surface area contributed by atoms with Crippen LogP contribution in [0.2, 0.25) is 0 Å². The van der Waals surface area contributed by atoms with Crippen molar-refractivity contribution in [2.45, 2.75) is 216 Å². The van der Waals surface area contributed by atoms with Gasteiger partial charge in [0.2, 0.25) is 65.0 Å². The zero-order valence-electron chi connectivity index (χ0n) is 62.8. The Morgan fingerprint density at radius 3 is 1.55 bits per heavy atom. The third-order valence-corrected chi connectivity index (χ3v) is 18.2. The minimum absolute atomic E-state index is 0.0149. The molecule has 0 aromatic rings. The van der Waals surface area contributed by atoms with Gasteiger partial charge in [0.05, 0.1) is 51.8 Å². The van der Waals surface area contributed by atoms with Crippen molar-refractivity contribution in [1.29, 1.82) is 0 Å². The van der Waals surface area contributed by atoms with Crippen molar-refractivity contribution in [2.24, 2.45) is 35.5 Å². The van der Waals surface area contributed by atoms with Crippen molar-refractivity contribution in [2.75, 3.05) is 109 Å². The standard InChI is InChI=1S/C70H124N12O15/c1-24-26-29-47(13)60(84)59-64(88)73-51(25-2)66(90)75(17)41-55(83)79(21)58(50(16)97-34-28-27-33-95-35-30-82-31-36-96-37-32-82)63(87)74-56(45(9)10)69(93)76(18)52(38-42(3)4)62(86)71-48(14)61(85)72-49(15)65(89)77(19)53(39-43(5)6)67(91)78(20)54(40-44(7)8)68(92)80(22)57(46(11)12)70(94)81(59)23/h24,26-28,42-54,56-60,84H,25,29-41H2,1-23H3,(H,71,86)(H,72,85)(H,73,88)(H,74,87)/t47-,48+,49-,50-,51+,52+,53+,54-,56+,57+,58+,59+,60-/m1/s1. The smallest absolute Gasteiger partial charge is 0.246 e. The van der Waals surface area contributed by atoms with Gasteiger partial charge in [0, 0.05) is 69.0 Å². The Bertz CT molecular complexity index is 2650. The van der Waals surface area contributed by atoms with E-state index < -0.39 is 162 Å². The van der Waals surface area contributed by atoms with Gasteiger partial charge in [0.15, 0.2) is 0 Å². The van der Waals surface area contributed by atoms with E-state index in [1.165, 1.54) is 82.8 Å². The summed E-state index contributed by atoms with van der Waals surface area (Å²) in [5.41, 5.74) is 0. The van der Waals surface area contributed by atoms with E-state index in [0.717, 1.165) is 34.3 Å². The summed E-state index contributed by atoms with van der Waals surface area (Å²) in [6.45, 7) is 31.5. The first-order valence-corrected chi connectivity index (χ1v) is 34.8. The summed E-state index contributed by atoms with van der Waals surface area (Å²) in [5, 5.41) is 23.2. The van der Waals surface area contributed by atoms with Crippen LogP contribution in [0, 0.1) is 35.5 Å². The summed E-state index contributed by atoms with van der Waals surface area (Å²) < 4.78 is 17.5. The molecular weight excluding hydrogens is 1250 g/mol. The molecule has 0 saturated carbocycles. The first-order valence-electron chi connectivity index (χ1n) is 34.8. The number of aliphatic hydroxyl groups is 1. The van der Waals surface area contributed by atoms with Crippen LogP contribution in [0.25, 0.3) is 0 Å². The maximum atomic E-state index is 15.3. The van der Waals surface area contributed by atoms with E-state index in [0.29, 0.717) is 26.2 Å². The Hall–Kier alpha value is -6.55. The molecule has 554 valence electrons. The normalized spacial score (nSPS) is 26.6. The Labute approximate surface area is 579 Å². The van der Waals surface area contributed by atoms with Gasteiger partial charge < -0.3 is 74.9 Å². The fourth-order valence-electron chi connectivity index (χ4n) is 12.1. The molecule has 2 rings (SSSR count). The number of hydrogen-bond donors (Lipinski definition) is 5. The molecule has 97 heavy (non-hydrogen) atoms. The van der Waals surface area contributed by atoms with Crippen LogP contribution in [0.1, 0.15) is 143 Å². The minimum Gasteiger partial charge on any atom is -0.390 e. The largest absolute Gasteiger partial charge is 0.390 e. The van der Waals surface area contributed by atoms with E-state index in [1.807, 2.05) is 41.5 Å². The molecule has 0 aliphatic carbocycles. The number of carbonyl (C=O) groups excluding carboxylic acids is 11.